The van der Waals surface area contributed by atoms with Gasteiger partial charge in [0.15, 0.2) is 0 Å². The Morgan fingerprint density at radius 1 is 1.13 bits per heavy atom. The number of halogens is 1. The summed E-state index contributed by atoms with van der Waals surface area (Å²) in [6.07, 6.45) is 1.25. The van der Waals surface area contributed by atoms with E-state index in [1.165, 1.54) is 0 Å². The van der Waals surface area contributed by atoms with Crippen LogP contribution >= 0.6 is 0 Å². The van der Waals surface area contributed by atoms with Crippen molar-refractivity contribution >= 4 is 0 Å². The number of aliphatic hydroxyl groups excluding tert-OH is 1. The Hall–Kier alpha value is -0.890. The number of rotatable bonds is 3. The maximum absolute atomic E-state index is 13.5. The summed E-state index contributed by atoms with van der Waals surface area (Å²) in [5.41, 5.74) is 2.39. The van der Waals surface area contributed by atoms with Crippen molar-refractivity contribution in [1.82, 2.24) is 0 Å². The largest absolute Gasteiger partial charge is 0.396 e. The summed E-state index contributed by atoms with van der Waals surface area (Å²) in [4.78, 5) is 0. The van der Waals surface area contributed by atoms with E-state index in [1.54, 1.807) is 13.0 Å². The van der Waals surface area contributed by atoms with Gasteiger partial charge in [0.2, 0.25) is 0 Å². The highest BCUT2D eigenvalue weighted by Crippen LogP contribution is 2.18. The molecular formula is C13H21FO. The van der Waals surface area contributed by atoms with Crippen LogP contribution in [-0.2, 0) is 6.42 Å². The average Bonchev–Trinajstić information content (AvgIpc) is 2.27. The molecule has 0 amide bonds. The SMILES string of the molecule is CC.Cc1ccc(C)c(CCCO)c1F. The molecular weight excluding hydrogens is 191 g/mol. The van der Waals surface area contributed by atoms with Crippen LogP contribution < -0.4 is 0 Å². The van der Waals surface area contributed by atoms with Crippen molar-refractivity contribution in [3.05, 3.63) is 34.6 Å². The minimum absolute atomic E-state index is 0.117. The molecule has 0 saturated carbocycles. The molecule has 0 saturated heterocycles. The van der Waals surface area contributed by atoms with E-state index in [4.69, 9.17) is 5.11 Å². The van der Waals surface area contributed by atoms with Gasteiger partial charge < -0.3 is 5.11 Å². The van der Waals surface area contributed by atoms with Crippen molar-refractivity contribution in [3.63, 3.8) is 0 Å². The highest BCUT2D eigenvalue weighted by Gasteiger charge is 2.07. The molecule has 0 radical (unpaired) electrons. The van der Waals surface area contributed by atoms with E-state index in [2.05, 4.69) is 0 Å². The van der Waals surface area contributed by atoms with Crippen molar-refractivity contribution in [1.29, 1.82) is 0 Å². The van der Waals surface area contributed by atoms with Crippen molar-refractivity contribution in [2.24, 2.45) is 0 Å². The van der Waals surface area contributed by atoms with Gasteiger partial charge in [0.05, 0.1) is 0 Å². The molecule has 0 bridgehead atoms. The first kappa shape index (κ1) is 14.1. The van der Waals surface area contributed by atoms with Gasteiger partial charge in [-0.1, -0.05) is 26.0 Å². The minimum atomic E-state index is -0.117. The zero-order valence-corrected chi connectivity index (χ0v) is 10.1. The Morgan fingerprint density at radius 3 is 2.20 bits per heavy atom. The summed E-state index contributed by atoms with van der Waals surface area (Å²) in [6.45, 7) is 7.78. The number of hydrogen-bond acceptors (Lipinski definition) is 1. The molecule has 0 aliphatic rings. The molecule has 0 fully saturated rings. The molecule has 1 aromatic carbocycles. The van der Waals surface area contributed by atoms with E-state index < -0.39 is 0 Å². The van der Waals surface area contributed by atoms with Crippen LogP contribution in [0.5, 0.6) is 0 Å². The minimum Gasteiger partial charge on any atom is -0.396 e. The smallest absolute Gasteiger partial charge is 0.129 e. The molecule has 15 heavy (non-hydrogen) atoms. The highest BCUT2D eigenvalue weighted by atomic mass is 19.1. The van der Waals surface area contributed by atoms with Gasteiger partial charge >= 0.3 is 0 Å². The lowest BCUT2D eigenvalue weighted by molar-refractivity contribution is 0.288. The van der Waals surface area contributed by atoms with Crippen LogP contribution in [0, 0.1) is 19.7 Å². The number of benzene rings is 1. The Balaban J connectivity index is 0.000000921. The van der Waals surface area contributed by atoms with E-state index in [0.29, 0.717) is 18.4 Å². The van der Waals surface area contributed by atoms with Gasteiger partial charge in [0.1, 0.15) is 5.82 Å². The van der Waals surface area contributed by atoms with Gasteiger partial charge in [0.25, 0.3) is 0 Å². The van der Waals surface area contributed by atoms with Crippen LogP contribution in [0.2, 0.25) is 0 Å². The fourth-order valence-corrected chi connectivity index (χ4v) is 1.40. The molecule has 0 spiro atoms. The number of hydrogen-bond donors (Lipinski definition) is 1. The quantitative estimate of drug-likeness (QED) is 0.814. The summed E-state index contributed by atoms with van der Waals surface area (Å²) in [6, 6.07) is 3.71. The molecule has 0 atom stereocenters. The second kappa shape index (κ2) is 7.41. The third kappa shape index (κ3) is 4.00. The predicted molar refractivity (Wildman–Crippen MR) is 62.6 cm³/mol. The average molecular weight is 212 g/mol. The molecule has 0 aliphatic heterocycles. The summed E-state index contributed by atoms with van der Waals surface area (Å²) < 4.78 is 13.5. The predicted octanol–water partition coefficient (Wildman–Crippen LogP) is 3.39. The van der Waals surface area contributed by atoms with Crippen LogP contribution in [0.25, 0.3) is 0 Å². The van der Waals surface area contributed by atoms with E-state index in [-0.39, 0.29) is 12.4 Å². The molecule has 0 unspecified atom stereocenters. The van der Waals surface area contributed by atoms with Gasteiger partial charge in [-0.2, -0.15) is 0 Å². The number of aryl methyl sites for hydroxylation is 2. The summed E-state index contributed by atoms with van der Waals surface area (Å²) in [7, 11) is 0. The van der Waals surface area contributed by atoms with Gasteiger partial charge in [0, 0.05) is 6.61 Å². The van der Waals surface area contributed by atoms with E-state index in [9.17, 15) is 4.39 Å². The number of aliphatic hydroxyl groups is 1. The molecule has 1 rings (SSSR count). The van der Waals surface area contributed by atoms with Crippen LogP contribution in [0.15, 0.2) is 12.1 Å². The van der Waals surface area contributed by atoms with Gasteiger partial charge in [-0.3, -0.25) is 0 Å². The van der Waals surface area contributed by atoms with Crippen molar-refractivity contribution < 1.29 is 9.50 Å². The highest BCUT2D eigenvalue weighted by molar-refractivity contribution is 5.32. The molecule has 0 aliphatic carbocycles. The van der Waals surface area contributed by atoms with Crippen LogP contribution in [-0.4, -0.2) is 11.7 Å². The van der Waals surface area contributed by atoms with Crippen molar-refractivity contribution in [2.45, 2.75) is 40.5 Å². The topological polar surface area (TPSA) is 20.2 Å². The monoisotopic (exact) mass is 212 g/mol. The molecule has 1 aromatic rings. The standard InChI is InChI=1S/C11H15FO.C2H6/c1-8-5-6-9(2)11(12)10(8)4-3-7-13;1-2/h5-6,13H,3-4,7H2,1-2H3;1-2H3. The lowest BCUT2D eigenvalue weighted by atomic mass is 10.0. The summed E-state index contributed by atoms with van der Waals surface area (Å²) in [5.74, 6) is -0.117. The van der Waals surface area contributed by atoms with E-state index in [1.807, 2.05) is 26.8 Å². The molecule has 0 heterocycles. The zero-order valence-electron chi connectivity index (χ0n) is 10.1. The third-order valence-corrected chi connectivity index (χ3v) is 2.26. The first-order chi connectivity index (χ1) is 7.16. The third-order valence-electron chi connectivity index (χ3n) is 2.26. The Kier molecular flexibility index (Phi) is 6.97. The Morgan fingerprint density at radius 2 is 1.67 bits per heavy atom. The molecule has 1 N–H and O–H groups in total. The first-order valence-electron chi connectivity index (χ1n) is 5.52. The van der Waals surface area contributed by atoms with Crippen LogP contribution in [0.4, 0.5) is 4.39 Å². The maximum Gasteiger partial charge on any atom is 0.129 e. The van der Waals surface area contributed by atoms with Crippen molar-refractivity contribution in [2.75, 3.05) is 6.61 Å². The van der Waals surface area contributed by atoms with Crippen LogP contribution in [0.3, 0.4) is 0 Å². The van der Waals surface area contributed by atoms with Gasteiger partial charge in [-0.15, -0.1) is 0 Å². The van der Waals surface area contributed by atoms with E-state index in [0.717, 1.165) is 11.1 Å². The first-order valence-corrected chi connectivity index (χ1v) is 5.52. The maximum atomic E-state index is 13.5. The zero-order chi connectivity index (χ0) is 11.8. The summed E-state index contributed by atoms with van der Waals surface area (Å²) >= 11 is 0. The van der Waals surface area contributed by atoms with Gasteiger partial charge in [-0.25, -0.2) is 4.39 Å². The van der Waals surface area contributed by atoms with Crippen LogP contribution in [0.1, 0.15) is 37.0 Å². The molecule has 2 heteroatoms. The molecule has 1 nitrogen and oxygen atoms in total. The molecule has 0 aromatic heterocycles. The van der Waals surface area contributed by atoms with Gasteiger partial charge in [-0.05, 0) is 43.4 Å². The lowest BCUT2D eigenvalue weighted by Crippen LogP contribution is -1.99. The second-order valence-electron chi connectivity index (χ2n) is 3.32. The lowest BCUT2D eigenvalue weighted by Gasteiger charge is -2.08. The Labute approximate surface area is 92.0 Å². The molecule has 86 valence electrons. The fraction of sp³-hybridized carbons (Fsp3) is 0.538. The second-order valence-corrected chi connectivity index (χ2v) is 3.32. The normalized spacial score (nSPS) is 9.47. The Bertz CT molecular complexity index is 295. The van der Waals surface area contributed by atoms with Crippen molar-refractivity contribution in [3.8, 4) is 0 Å². The summed E-state index contributed by atoms with van der Waals surface area (Å²) in [5, 5.41) is 8.66. The fourth-order valence-electron chi connectivity index (χ4n) is 1.40. The van der Waals surface area contributed by atoms with E-state index >= 15 is 0 Å².